The van der Waals surface area contributed by atoms with Gasteiger partial charge in [-0.1, -0.05) is 0 Å². The van der Waals surface area contributed by atoms with E-state index in [1.54, 1.807) is 0 Å². The van der Waals surface area contributed by atoms with Crippen molar-refractivity contribution in [3.05, 3.63) is 22.2 Å². The average molecular weight is 312 g/mol. The lowest BCUT2D eigenvalue weighted by Crippen LogP contribution is -2.62. The molecule has 1 aliphatic heterocycles. The monoisotopic (exact) mass is 311 g/mol. The number of hydrogen-bond donors (Lipinski definition) is 2. The van der Waals surface area contributed by atoms with Crippen molar-refractivity contribution in [2.24, 2.45) is 0 Å². The molecule has 5 heteroatoms. The van der Waals surface area contributed by atoms with Gasteiger partial charge in [0.2, 0.25) is 5.91 Å². The summed E-state index contributed by atoms with van der Waals surface area (Å²) in [5, 5.41) is 2.90. The molecule has 1 amide bonds. The van der Waals surface area contributed by atoms with Crippen molar-refractivity contribution in [2.45, 2.75) is 26.3 Å². The Balaban J connectivity index is 2.48. The van der Waals surface area contributed by atoms with Crippen molar-refractivity contribution < 1.29 is 4.79 Å². The molecule has 0 aliphatic carbocycles. The summed E-state index contributed by atoms with van der Waals surface area (Å²) >= 11 is 3.54. The van der Waals surface area contributed by atoms with Crippen LogP contribution in [0.3, 0.4) is 0 Å². The van der Waals surface area contributed by atoms with E-state index in [2.05, 4.69) is 26.1 Å². The predicted molar refractivity (Wildman–Crippen MR) is 77.7 cm³/mol. The van der Waals surface area contributed by atoms with Crippen molar-refractivity contribution in [3.8, 4) is 0 Å². The maximum atomic E-state index is 12.0. The molecule has 0 unspecified atom stereocenters. The number of nitrogens with two attached hydrogens (primary N) is 1. The summed E-state index contributed by atoms with van der Waals surface area (Å²) in [5.74, 6) is 0.0510. The van der Waals surface area contributed by atoms with Crippen LogP contribution in [0.5, 0.6) is 0 Å². The van der Waals surface area contributed by atoms with Gasteiger partial charge in [-0.05, 0) is 54.4 Å². The highest BCUT2D eigenvalue weighted by Gasteiger charge is 2.38. The van der Waals surface area contributed by atoms with Crippen LogP contribution in [0.1, 0.15) is 19.4 Å². The van der Waals surface area contributed by atoms with Crippen molar-refractivity contribution in [1.29, 1.82) is 0 Å². The molecule has 3 N–H and O–H groups in total. The second-order valence-corrected chi connectivity index (χ2v) is 5.98. The fourth-order valence-electron chi connectivity index (χ4n) is 2.21. The molecule has 1 aliphatic rings. The Morgan fingerprint density at radius 1 is 1.44 bits per heavy atom. The Labute approximate surface area is 116 Å². The number of nitrogen functional groups attached to an aromatic ring is 1. The average Bonchev–Trinajstić information content (AvgIpc) is 2.28. The molecule has 1 fully saturated rings. The number of carbonyl (C=O) groups excluding carboxylic acids is 1. The number of carbonyl (C=O) groups is 1. The molecule has 1 aromatic rings. The van der Waals surface area contributed by atoms with E-state index in [4.69, 9.17) is 5.73 Å². The topological polar surface area (TPSA) is 58.4 Å². The fourth-order valence-corrected chi connectivity index (χ4v) is 2.78. The van der Waals surface area contributed by atoms with E-state index in [0.29, 0.717) is 6.54 Å². The van der Waals surface area contributed by atoms with Crippen LogP contribution in [0.2, 0.25) is 0 Å². The molecule has 98 valence electrons. The van der Waals surface area contributed by atoms with Gasteiger partial charge in [-0.25, -0.2) is 0 Å². The number of rotatable bonds is 1. The van der Waals surface area contributed by atoms with Gasteiger partial charge in [0.1, 0.15) is 5.54 Å². The van der Waals surface area contributed by atoms with Crippen LogP contribution in [0, 0.1) is 6.92 Å². The smallest absolute Gasteiger partial charge is 0.245 e. The van der Waals surface area contributed by atoms with Crippen molar-refractivity contribution in [3.63, 3.8) is 0 Å². The van der Waals surface area contributed by atoms with Gasteiger partial charge in [0.15, 0.2) is 0 Å². The van der Waals surface area contributed by atoms with Gasteiger partial charge in [-0.15, -0.1) is 0 Å². The van der Waals surface area contributed by atoms with Gasteiger partial charge in [0, 0.05) is 23.2 Å². The number of amides is 1. The van der Waals surface area contributed by atoms with E-state index >= 15 is 0 Å². The Morgan fingerprint density at radius 3 is 2.78 bits per heavy atom. The highest BCUT2D eigenvalue weighted by molar-refractivity contribution is 9.10. The molecule has 0 atom stereocenters. The van der Waals surface area contributed by atoms with Crippen molar-refractivity contribution >= 4 is 33.2 Å². The molecular weight excluding hydrogens is 294 g/mol. The first-order chi connectivity index (χ1) is 8.34. The molecule has 0 aromatic heterocycles. The molecule has 1 saturated heterocycles. The summed E-state index contributed by atoms with van der Waals surface area (Å²) in [6.07, 6.45) is 0. The zero-order valence-electron chi connectivity index (χ0n) is 10.9. The second-order valence-electron chi connectivity index (χ2n) is 5.13. The summed E-state index contributed by atoms with van der Waals surface area (Å²) in [6.45, 7) is 7.29. The number of aryl methyl sites for hydroxylation is 1. The van der Waals surface area contributed by atoms with E-state index < -0.39 is 5.54 Å². The van der Waals surface area contributed by atoms with E-state index in [-0.39, 0.29) is 5.91 Å². The molecule has 0 radical (unpaired) electrons. The number of benzene rings is 1. The highest BCUT2D eigenvalue weighted by atomic mass is 79.9. The van der Waals surface area contributed by atoms with E-state index in [1.807, 2.05) is 32.9 Å². The Kier molecular flexibility index (Phi) is 3.27. The fraction of sp³-hybridized carbons (Fsp3) is 0.462. The van der Waals surface area contributed by atoms with Gasteiger partial charge in [-0.2, -0.15) is 0 Å². The number of anilines is 2. The van der Waals surface area contributed by atoms with Crippen LogP contribution in [-0.4, -0.2) is 24.5 Å². The van der Waals surface area contributed by atoms with Crippen molar-refractivity contribution in [1.82, 2.24) is 5.32 Å². The lowest BCUT2D eigenvalue weighted by molar-refractivity contribution is -0.126. The minimum absolute atomic E-state index is 0.0510. The molecule has 2 rings (SSSR count). The van der Waals surface area contributed by atoms with Gasteiger partial charge in [-0.3, -0.25) is 4.79 Å². The standard InChI is InChI=1S/C13H18BrN3O/c1-8-6-11(9(14)7-10(8)15)17-5-4-16-12(18)13(17,2)3/h6-7H,4-5,15H2,1-3H3,(H,16,18). The van der Waals surface area contributed by atoms with Crippen LogP contribution in [0.15, 0.2) is 16.6 Å². The number of halogens is 1. The van der Waals surface area contributed by atoms with Crippen LogP contribution >= 0.6 is 15.9 Å². The quantitative estimate of drug-likeness (QED) is 0.780. The zero-order valence-corrected chi connectivity index (χ0v) is 12.5. The Hall–Kier alpha value is -1.23. The molecule has 4 nitrogen and oxygen atoms in total. The Bertz CT molecular complexity index is 499. The zero-order chi connectivity index (χ0) is 13.5. The molecular formula is C13H18BrN3O. The third-order valence-corrected chi connectivity index (χ3v) is 4.11. The number of piperazine rings is 1. The van der Waals surface area contributed by atoms with Gasteiger partial charge >= 0.3 is 0 Å². The second kappa shape index (κ2) is 4.46. The summed E-state index contributed by atoms with van der Waals surface area (Å²) in [6, 6.07) is 3.92. The molecule has 1 aromatic carbocycles. The normalized spacial score (nSPS) is 18.7. The number of hydrogen-bond acceptors (Lipinski definition) is 3. The third-order valence-electron chi connectivity index (χ3n) is 3.48. The van der Waals surface area contributed by atoms with Gasteiger partial charge in [0.05, 0.1) is 5.69 Å². The van der Waals surface area contributed by atoms with Gasteiger partial charge < -0.3 is 16.0 Å². The molecule has 0 bridgehead atoms. The van der Waals surface area contributed by atoms with Gasteiger partial charge in [0.25, 0.3) is 0 Å². The molecule has 1 heterocycles. The van der Waals surface area contributed by atoms with E-state index in [0.717, 1.165) is 28.0 Å². The number of nitrogens with one attached hydrogen (secondary N) is 1. The molecule has 0 spiro atoms. The first-order valence-corrected chi connectivity index (χ1v) is 6.75. The van der Waals surface area contributed by atoms with Crippen LogP contribution in [0.25, 0.3) is 0 Å². The lowest BCUT2D eigenvalue weighted by Gasteiger charge is -2.43. The van der Waals surface area contributed by atoms with Crippen LogP contribution in [-0.2, 0) is 4.79 Å². The van der Waals surface area contributed by atoms with E-state index in [9.17, 15) is 4.79 Å². The summed E-state index contributed by atoms with van der Waals surface area (Å²) in [4.78, 5) is 14.1. The molecule has 18 heavy (non-hydrogen) atoms. The van der Waals surface area contributed by atoms with Crippen LogP contribution in [0.4, 0.5) is 11.4 Å². The summed E-state index contributed by atoms with van der Waals surface area (Å²) in [5.41, 5.74) is 8.13. The molecule has 0 saturated carbocycles. The summed E-state index contributed by atoms with van der Waals surface area (Å²) in [7, 11) is 0. The summed E-state index contributed by atoms with van der Waals surface area (Å²) < 4.78 is 0.924. The van der Waals surface area contributed by atoms with E-state index in [1.165, 1.54) is 0 Å². The minimum atomic E-state index is -0.552. The first-order valence-electron chi connectivity index (χ1n) is 5.95. The van der Waals surface area contributed by atoms with Crippen molar-refractivity contribution in [2.75, 3.05) is 23.7 Å². The minimum Gasteiger partial charge on any atom is -0.398 e. The SMILES string of the molecule is Cc1cc(N2CCNC(=O)C2(C)C)c(Br)cc1N. The lowest BCUT2D eigenvalue weighted by atomic mass is 9.97. The van der Waals surface area contributed by atoms with Crippen LogP contribution < -0.4 is 16.0 Å². The maximum Gasteiger partial charge on any atom is 0.245 e. The largest absolute Gasteiger partial charge is 0.398 e. The maximum absolute atomic E-state index is 12.0. The first kappa shape index (κ1) is 13.2. The third kappa shape index (κ3) is 2.07. The highest BCUT2D eigenvalue weighted by Crippen LogP contribution is 2.35. The Morgan fingerprint density at radius 2 is 2.11 bits per heavy atom. The predicted octanol–water partition coefficient (Wildman–Crippen LogP) is 2.05. The number of nitrogens with zero attached hydrogens (tertiary/aromatic N) is 1.